The fourth-order valence-corrected chi connectivity index (χ4v) is 3.91. The van der Waals surface area contributed by atoms with Crippen LogP contribution in [0.15, 0.2) is 16.3 Å². The van der Waals surface area contributed by atoms with Crippen LogP contribution in [0.3, 0.4) is 0 Å². The normalized spacial score (nSPS) is 24.7. The molecule has 0 N–H and O–H groups in total. The van der Waals surface area contributed by atoms with E-state index in [1.807, 2.05) is 13.8 Å². The number of nitrogens with zero attached hydrogens (tertiary/aromatic N) is 1. The third kappa shape index (κ3) is 5.72. The first-order valence-electron chi connectivity index (χ1n) is 9.31. The number of carbonyl (C=O) groups excluding carboxylic acids is 2. The van der Waals surface area contributed by atoms with Gasteiger partial charge in [-0.1, -0.05) is 12.8 Å². The minimum atomic E-state index is -0.620. The van der Waals surface area contributed by atoms with Gasteiger partial charge >= 0.3 is 5.97 Å². The number of ether oxygens (including phenoxy) is 2. The fourth-order valence-electron chi connectivity index (χ4n) is 3.91. The number of Topliss-reactive ketones (excluding diaryl/α,β-unsaturated/α-hetero) is 1. The van der Waals surface area contributed by atoms with Crippen LogP contribution in [-0.4, -0.2) is 37.2 Å². The maximum atomic E-state index is 12.1. The van der Waals surface area contributed by atoms with E-state index in [0.717, 1.165) is 43.4 Å². The van der Waals surface area contributed by atoms with Crippen LogP contribution in [0.2, 0.25) is 0 Å². The topological polar surface area (TPSA) is 65.0 Å². The van der Waals surface area contributed by atoms with Gasteiger partial charge in [0.1, 0.15) is 23.6 Å². The smallest absolute Gasteiger partial charge is 0.313 e. The van der Waals surface area contributed by atoms with Crippen LogP contribution in [0.4, 0.5) is 0 Å². The summed E-state index contributed by atoms with van der Waals surface area (Å²) in [5.74, 6) is 0.708. The number of carbonyl (C=O) groups is 2. The Kier molecular flexibility index (Phi) is 9.12. The number of methoxy groups -OCH3 is 1. The number of hydrogen-bond donors (Lipinski definition) is 0. The number of cyclic esters (lactones) is 1. The van der Waals surface area contributed by atoms with E-state index >= 15 is 0 Å². The molecule has 0 aromatic heterocycles. The monoisotopic (exact) mass is 361 g/mol. The summed E-state index contributed by atoms with van der Waals surface area (Å²) in [6.45, 7) is 4.69. The molecule has 2 rings (SSSR count). The van der Waals surface area contributed by atoms with Gasteiger partial charge in [0.2, 0.25) is 0 Å². The lowest BCUT2D eigenvalue weighted by Gasteiger charge is -2.41. The van der Waals surface area contributed by atoms with Crippen molar-refractivity contribution in [2.45, 2.75) is 70.8 Å². The molecule has 1 atom stereocenters. The van der Waals surface area contributed by atoms with Crippen molar-refractivity contribution in [1.29, 1.82) is 0 Å². The molecule has 1 aliphatic carbocycles. The molecule has 26 heavy (non-hydrogen) atoms. The second-order valence-electron chi connectivity index (χ2n) is 6.89. The highest BCUT2D eigenvalue weighted by Gasteiger charge is 2.47. The van der Waals surface area contributed by atoms with Crippen molar-refractivity contribution < 1.29 is 19.1 Å². The highest BCUT2D eigenvalue weighted by atomic mass is 16.6. The van der Waals surface area contributed by atoms with Gasteiger partial charge < -0.3 is 9.47 Å². The molecule has 0 aromatic rings. The molecule has 1 unspecified atom stereocenters. The quantitative estimate of drug-likeness (QED) is 0.227. The van der Waals surface area contributed by atoms with Gasteiger partial charge in [-0.15, -0.1) is 12.8 Å². The van der Waals surface area contributed by atoms with E-state index in [0.29, 0.717) is 25.3 Å². The number of terminal acetylenes is 1. The van der Waals surface area contributed by atoms with Crippen molar-refractivity contribution in [2.24, 2.45) is 10.9 Å². The fraction of sp³-hybridized carbons (Fsp3) is 0.667. The first-order chi connectivity index (χ1) is 12.5. The van der Waals surface area contributed by atoms with Gasteiger partial charge in [-0.05, 0) is 51.0 Å². The molecule has 5 nitrogen and oxygen atoms in total. The summed E-state index contributed by atoms with van der Waals surface area (Å²) in [4.78, 5) is 28.2. The predicted octanol–water partition coefficient (Wildman–Crippen LogP) is 3.86. The number of esters is 1. The van der Waals surface area contributed by atoms with Crippen LogP contribution in [-0.2, 0) is 19.1 Å². The van der Waals surface area contributed by atoms with E-state index in [-0.39, 0.29) is 18.2 Å². The zero-order valence-electron chi connectivity index (χ0n) is 16.3. The Bertz CT molecular complexity index is 552. The van der Waals surface area contributed by atoms with E-state index in [2.05, 4.69) is 17.8 Å². The minimum Gasteiger partial charge on any atom is -0.495 e. The molecule has 1 heterocycles. The lowest BCUT2D eigenvalue weighted by Crippen LogP contribution is -2.47. The van der Waals surface area contributed by atoms with Crippen molar-refractivity contribution >= 4 is 18.0 Å². The summed E-state index contributed by atoms with van der Waals surface area (Å²) in [6.07, 6.45) is 15.8. The Morgan fingerprint density at radius 3 is 2.54 bits per heavy atom. The predicted molar refractivity (Wildman–Crippen MR) is 103 cm³/mol. The molecule has 5 heteroatoms. The lowest BCUT2D eigenvalue weighted by molar-refractivity contribution is -0.178. The zero-order valence-corrected chi connectivity index (χ0v) is 16.3. The van der Waals surface area contributed by atoms with Gasteiger partial charge in [0.05, 0.1) is 13.3 Å². The summed E-state index contributed by atoms with van der Waals surface area (Å²) in [7, 11) is 1.64. The molecule has 0 amide bonds. The Morgan fingerprint density at radius 1 is 1.35 bits per heavy atom. The number of aliphatic imine (C=N–C) groups is 1. The Labute approximate surface area is 157 Å². The Balaban J connectivity index is 0.00000163. The van der Waals surface area contributed by atoms with Crippen molar-refractivity contribution in [3.63, 3.8) is 0 Å². The van der Waals surface area contributed by atoms with Crippen molar-refractivity contribution in [3.05, 3.63) is 11.3 Å². The molecule has 1 saturated carbocycles. The van der Waals surface area contributed by atoms with E-state index in [4.69, 9.17) is 9.47 Å². The van der Waals surface area contributed by atoms with Gasteiger partial charge in [0.25, 0.3) is 0 Å². The molecular weight excluding hydrogens is 330 g/mol. The summed E-state index contributed by atoms with van der Waals surface area (Å²) in [5.41, 5.74) is 0.450. The van der Waals surface area contributed by atoms with E-state index in [1.54, 1.807) is 13.3 Å². The highest BCUT2D eigenvalue weighted by Crippen LogP contribution is 2.44. The number of rotatable bonds is 7. The minimum absolute atomic E-state index is 0.0132. The van der Waals surface area contributed by atoms with Gasteiger partial charge in [0.15, 0.2) is 0 Å². The first-order valence-corrected chi connectivity index (χ1v) is 9.31. The van der Waals surface area contributed by atoms with Gasteiger partial charge in [-0.2, -0.15) is 0 Å². The maximum absolute atomic E-state index is 12.1. The second kappa shape index (κ2) is 10.8. The van der Waals surface area contributed by atoms with Crippen LogP contribution >= 0.6 is 0 Å². The summed E-state index contributed by atoms with van der Waals surface area (Å²) in [6, 6.07) is 0. The van der Waals surface area contributed by atoms with Crippen LogP contribution in [0.25, 0.3) is 0 Å². The Morgan fingerprint density at radius 2 is 2.00 bits per heavy atom. The molecule has 0 radical (unpaired) electrons. The van der Waals surface area contributed by atoms with Crippen molar-refractivity contribution in [1.82, 2.24) is 0 Å². The molecule has 2 fully saturated rings. The van der Waals surface area contributed by atoms with Gasteiger partial charge in [-0.25, -0.2) is 0 Å². The molecular formula is C21H31NO4. The molecule has 2 aliphatic rings. The molecule has 0 aromatic carbocycles. The lowest BCUT2D eigenvalue weighted by atomic mass is 9.76. The molecule has 1 saturated heterocycles. The third-order valence-corrected chi connectivity index (χ3v) is 5.21. The molecule has 0 bridgehead atoms. The molecule has 0 spiro atoms. The van der Waals surface area contributed by atoms with Gasteiger partial charge in [0, 0.05) is 13.0 Å². The van der Waals surface area contributed by atoms with Crippen LogP contribution < -0.4 is 0 Å². The average Bonchev–Trinajstić information content (AvgIpc) is 3.17. The summed E-state index contributed by atoms with van der Waals surface area (Å²) >= 11 is 0. The second-order valence-corrected chi connectivity index (χ2v) is 6.89. The third-order valence-electron chi connectivity index (χ3n) is 5.21. The number of ketones is 1. The standard InChI is InChI=1S/C19H29NO4.C2H2/c1-4-20-13-17(23-3)14(2)9-10-19(15-7-5-6-8-15)12-16(21)11-18(22)24-19;1-2/h13,15H,4-12H2,1-3H3;1-2H/b17-14-,20-13?;. The largest absolute Gasteiger partial charge is 0.495 e. The molecule has 1 aliphatic heterocycles. The first kappa shape index (κ1) is 22.0. The zero-order chi connectivity index (χ0) is 19.6. The summed E-state index contributed by atoms with van der Waals surface area (Å²) < 4.78 is 11.2. The van der Waals surface area contributed by atoms with E-state index in [1.165, 1.54) is 0 Å². The van der Waals surface area contributed by atoms with E-state index in [9.17, 15) is 9.59 Å². The maximum Gasteiger partial charge on any atom is 0.313 e. The summed E-state index contributed by atoms with van der Waals surface area (Å²) in [5, 5.41) is 0. The van der Waals surface area contributed by atoms with Gasteiger partial charge in [-0.3, -0.25) is 14.6 Å². The van der Waals surface area contributed by atoms with Crippen molar-refractivity contribution in [2.75, 3.05) is 13.7 Å². The SMILES string of the molecule is C#C.CCN=C/C(OC)=C(\C)CCC1(C2CCCC2)CC(=O)CC(=O)O1. The Hall–Kier alpha value is -2.09. The van der Waals surface area contributed by atoms with Crippen LogP contribution in [0, 0.1) is 18.8 Å². The van der Waals surface area contributed by atoms with Crippen molar-refractivity contribution in [3.8, 4) is 12.8 Å². The number of hydrogen-bond acceptors (Lipinski definition) is 5. The molecule has 144 valence electrons. The van der Waals surface area contributed by atoms with E-state index < -0.39 is 5.60 Å². The average molecular weight is 361 g/mol. The van der Waals surface area contributed by atoms with Crippen LogP contribution in [0.1, 0.15) is 65.2 Å². The number of allylic oxidation sites excluding steroid dienone is 2. The highest BCUT2D eigenvalue weighted by molar-refractivity contribution is 5.98. The van der Waals surface area contributed by atoms with Crippen LogP contribution in [0.5, 0.6) is 0 Å².